The first-order chi connectivity index (χ1) is 10.1. The minimum Gasteiger partial charge on any atom is -0.542 e. The van der Waals surface area contributed by atoms with E-state index >= 15 is 0 Å². The third-order valence-electron chi connectivity index (χ3n) is 2.58. The predicted octanol–water partition coefficient (Wildman–Crippen LogP) is -0.585. The Kier molecular flexibility index (Phi) is 3.73. The molecule has 0 spiro atoms. The lowest BCUT2D eigenvalue weighted by atomic mass is 10.4. The van der Waals surface area contributed by atoms with Gasteiger partial charge in [0.1, 0.15) is 5.97 Å². The molecule has 1 N–H and O–H groups in total. The number of hydrogen-bond acceptors (Lipinski definition) is 5. The smallest absolute Gasteiger partial charge is 0.430 e. The number of carbonyl (C=O) groups is 1. The van der Waals surface area contributed by atoms with Crippen LogP contribution in [0.2, 0.25) is 0 Å². The van der Waals surface area contributed by atoms with Gasteiger partial charge < -0.3 is 9.90 Å². The number of aromatic amines is 1. The van der Waals surface area contributed by atoms with E-state index in [2.05, 4.69) is 20.2 Å². The Morgan fingerprint density at radius 2 is 1.91 bits per heavy atom. The molecule has 0 fully saturated rings. The summed E-state index contributed by atoms with van der Waals surface area (Å²) in [7, 11) is 0. The maximum absolute atomic E-state index is 10.5. The Morgan fingerprint density at radius 3 is 2.45 bits per heavy atom. The minimum absolute atomic E-state index is 0.647. The standard InChI is InChI=1S/C9H11N6.C2HF3O2/c1-5-4-6(2)14-9(10-5)15-8(13-14)11-7(3)12-15;3-2(4,5)1(6)7/h4H,1-3H3,(H,11,12,13);(H,6,7)/q+1;/p-1. The molecule has 0 unspecified atom stereocenters. The van der Waals surface area contributed by atoms with Crippen molar-refractivity contribution in [2.45, 2.75) is 26.9 Å². The Bertz CT molecular complexity index is 851. The number of alkyl halides is 3. The molecule has 0 aliphatic rings. The van der Waals surface area contributed by atoms with Gasteiger partial charge in [-0.05, 0) is 13.8 Å². The summed E-state index contributed by atoms with van der Waals surface area (Å²) < 4.78 is 35.1. The number of halogens is 3. The van der Waals surface area contributed by atoms with E-state index in [4.69, 9.17) is 9.90 Å². The van der Waals surface area contributed by atoms with Gasteiger partial charge in [0.25, 0.3) is 0 Å². The zero-order valence-corrected chi connectivity index (χ0v) is 11.8. The number of H-pyrrole nitrogens is 1. The molecule has 3 aromatic heterocycles. The highest BCUT2D eigenvalue weighted by Crippen LogP contribution is 2.11. The van der Waals surface area contributed by atoms with E-state index in [1.807, 2.05) is 26.8 Å². The van der Waals surface area contributed by atoms with Crippen molar-refractivity contribution < 1.29 is 27.6 Å². The molecule has 0 radical (unpaired) electrons. The molecule has 118 valence electrons. The molecule has 8 nitrogen and oxygen atoms in total. The van der Waals surface area contributed by atoms with E-state index in [1.165, 1.54) is 0 Å². The first-order valence-electron chi connectivity index (χ1n) is 5.99. The van der Waals surface area contributed by atoms with E-state index in [0.717, 1.165) is 23.0 Å². The molecule has 0 bridgehead atoms. The van der Waals surface area contributed by atoms with Gasteiger partial charge in [-0.15, -0.1) is 19.0 Å². The fraction of sp³-hybridized carbons (Fsp3) is 0.364. The van der Waals surface area contributed by atoms with Crippen molar-refractivity contribution in [3.63, 3.8) is 0 Å². The number of nitrogens with one attached hydrogen (secondary N) is 1. The third-order valence-corrected chi connectivity index (χ3v) is 2.58. The molecule has 3 aromatic rings. The van der Waals surface area contributed by atoms with Crippen LogP contribution >= 0.6 is 0 Å². The molecule has 3 rings (SSSR count). The van der Waals surface area contributed by atoms with Gasteiger partial charge in [0.05, 0.1) is 11.4 Å². The fourth-order valence-electron chi connectivity index (χ4n) is 1.76. The number of fused-ring (bicyclic) bond motifs is 3. The van der Waals surface area contributed by atoms with Gasteiger partial charge in [0.2, 0.25) is 0 Å². The minimum atomic E-state index is -5.19. The van der Waals surface area contributed by atoms with E-state index in [9.17, 15) is 13.2 Å². The monoisotopic (exact) mass is 316 g/mol. The molecule has 3 heterocycles. The van der Waals surface area contributed by atoms with Crippen LogP contribution < -0.4 is 9.62 Å². The highest BCUT2D eigenvalue weighted by Gasteiger charge is 2.28. The van der Waals surface area contributed by atoms with Gasteiger partial charge in [0, 0.05) is 18.1 Å². The zero-order chi connectivity index (χ0) is 16.7. The van der Waals surface area contributed by atoms with Gasteiger partial charge >= 0.3 is 17.7 Å². The Balaban J connectivity index is 0.000000217. The average Bonchev–Trinajstić information content (AvgIpc) is 2.86. The molecule has 11 heteroatoms. The number of hydrogen-bond donors (Lipinski definition) is 1. The molecule has 0 saturated carbocycles. The molecular weight excluding hydrogens is 305 g/mol. The van der Waals surface area contributed by atoms with Crippen LogP contribution in [0.1, 0.15) is 17.2 Å². The lowest BCUT2D eigenvalue weighted by molar-refractivity contribution is -0.553. The van der Waals surface area contributed by atoms with Crippen molar-refractivity contribution in [1.29, 1.82) is 0 Å². The van der Waals surface area contributed by atoms with Gasteiger partial charge in [-0.2, -0.15) is 13.2 Å². The normalized spacial score (nSPS) is 11.5. The van der Waals surface area contributed by atoms with Crippen molar-refractivity contribution in [3.8, 4) is 0 Å². The quantitative estimate of drug-likeness (QED) is 0.559. The summed E-state index contributed by atoms with van der Waals surface area (Å²) in [6.45, 7) is 5.87. The second-order valence-electron chi connectivity index (χ2n) is 4.48. The van der Waals surface area contributed by atoms with Gasteiger partial charge in [-0.3, -0.25) is 0 Å². The highest BCUT2D eigenvalue weighted by molar-refractivity contribution is 5.70. The molecule has 0 saturated heterocycles. The summed E-state index contributed by atoms with van der Waals surface area (Å²) in [6.07, 6.45) is -5.19. The number of carboxylic acid groups (broad SMARTS) is 1. The van der Waals surface area contributed by atoms with E-state index < -0.39 is 12.1 Å². The Hall–Kier alpha value is -2.72. The van der Waals surface area contributed by atoms with Crippen LogP contribution in [0.5, 0.6) is 0 Å². The number of rotatable bonds is 0. The summed E-state index contributed by atoms with van der Waals surface area (Å²) in [4.78, 5) is 17.5. The summed E-state index contributed by atoms with van der Waals surface area (Å²) in [6, 6.07) is 1.99. The summed E-state index contributed by atoms with van der Waals surface area (Å²) in [5, 5.41) is 16.2. The van der Waals surface area contributed by atoms with Gasteiger partial charge in [-0.25, -0.2) is 5.10 Å². The first kappa shape index (κ1) is 15.7. The van der Waals surface area contributed by atoms with Crippen molar-refractivity contribution in [2.24, 2.45) is 0 Å². The zero-order valence-electron chi connectivity index (χ0n) is 11.8. The number of carbonyl (C=O) groups excluding carboxylic acids is 1. The first-order valence-corrected chi connectivity index (χ1v) is 5.99. The van der Waals surface area contributed by atoms with E-state index in [1.54, 1.807) is 9.03 Å². The molecule has 0 aromatic carbocycles. The SMILES string of the molecule is Cc1cc(C)n2nc3nc(C)[nH][n+]3c2n1.O=C([O-])C(F)(F)F. The Morgan fingerprint density at radius 1 is 1.32 bits per heavy atom. The van der Waals surface area contributed by atoms with Crippen molar-refractivity contribution in [3.05, 3.63) is 23.3 Å². The lowest BCUT2D eigenvalue weighted by Crippen LogP contribution is -2.37. The maximum Gasteiger partial charge on any atom is 0.430 e. The van der Waals surface area contributed by atoms with Gasteiger partial charge in [0.15, 0.2) is 5.82 Å². The summed E-state index contributed by atoms with van der Waals surface area (Å²) in [5.74, 6) is -0.759. The second-order valence-corrected chi connectivity index (χ2v) is 4.48. The van der Waals surface area contributed by atoms with Gasteiger partial charge in [-0.1, -0.05) is 0 Å². The van der Waals surface area contributed by atoms with Crippen molar-refractivity contribution in [2.75, 3.05) is 0 Å². The second kappa shape index (κ2) is 5.24. The van der Waals surface area contributed by atoms with Crippen LogP contribution in [-0.2, 0) is 4.79 Å². The molecule has 0 amide bonds. The molecule has 22 heavy (non-hydrogen) atoms. The highest BCUT2D eigenvalue weighted by atomic mass is 19.4. The number of carboxylic acids is 1. The Labute approximate surface area is 121 Å². The molecular formula is C11H11F3N6O2. The van der Waals surface area contributed by atoms with Crippen LogP contribution in [0, 0.1) is 20.8 Å². The van der Waals surface area contributed by atoms with E-state index in [0.29, 0.717) is 5.78 Å². The van der Waals surface area contributed by atoms with Crippen LogP contribution in [0.25, 0.3) is 11.6 Å². The molecule has 0 aliphatic carbocycles. The lowest BCUT2D eigenvalue weighted by Gasteiger charge is -2.03. The van der Waals surface area contributed by atoms with Crippen LogP contribution in [0.3, 0.4) is 0 Å². The van der Waals surface area contributed by atoms with Crippen molar-refractivity contribution in [1.82, 2.24) is 24.7 Å². The number of aromatic nitrogens is 6. The van der Waals surface area contributed by atoms with E-state index in [-0.39, 0.29) is 0 Å². The predicted molar refractivity (Wildman–Crippen MR) is 63.6 cm³/mol. The van der Waals surface area contributed by atoms with Crippen LogP contribution in [0.4, 0.5) is 13.2 Å². The number of nitrogens with zero attached hydrogens (tertiary/aromatic N) is 5. The summed E-state index contributed by atoms with van der Waals surface area (Å²) in [5.41, 5.74) is 2.02. The topological polar surface area (TPSA) is 103 Å². The number of aryl methyl sites for hydroxylation is 3. The molecule has 0 aliphatic heterocycles. The maximum atomic E-state index is 10.5. The average molecular weight is 316 g/mol. The largest absolute Gasteiger partial charge is 0.542 e. The molecule has 0 atom stereocenters. The third kappa shape index (κ3) is 2.97. The fourth-order valence-corrected chi connectivity index (χ4v) is 1.76. The van der Waals surface area contributed by atoms with Crippen LogP contribution in [0.15, 0.2) is 6.07 Å². The number of aliphatic carboxylic acids is 1. The van der Waals surface area contributed by atoms with Crippen molar-refractivity contribution >= 4 is 17.5 Å². The van der Waals surface area contributed by atoms with Crippen LogP contribution in [-0.4, -0.2) is 36.8 Å². The summed E-state index contributed by atoms with van der Waals surface area (Å²) >= 11 is 0.